The van der Waals surface area contributed by atoms with Crippen LogP contribution >= 0.6 is 0 Å². The summed E-state index contributed by atoms with van der Waals surface area (Å²) in [7, 11) is 0. The average Bonchev–Trinajstić information content (AvgIpc) is 2.58. The fourth-order valence-corrected chi connectivity index (χ4v) is 1.34. The van der Waals surface area contributed by atoms with Crippen molar-refractivity contribution in [1.29, 1.82) is 0 Å². The molecular formula is C7H11N3O2. The van der Waals surface area contributed by atoms with E-state index >= 15 is 0 Å². The van der Waals surface area contributed by atoms with Crippen LogP contribution < -0.4 is 5.73 Å². The molecule has 0 aliphatic carbocycles. The Balaban J connectivity index is 2.19. The van der Waals surface area contributed by atoms with Gasteiger partial charge in [-0.05, 0) is 12.8 Å². The Morgan fingerprint density at radius 3 is 2.75 bits per heavy atom. The highest BCUT2D eigenvalue weighted by molar-refractivity contribution is 5.00. The maximum Gasteiger partial charge on any atom is 0.246 e. The van der Waals surface area contributed by atoms with Crippen LogP contribution in [0.4, 0.5) is 0 Å². The van der Waals surface area contributed by atoms with Gasteiger partial charge in [0.15, 0.2) is 6.33 Å². The zero-order valence-electron chi connectivity index (χ0n) is 6.69. The van der Waals surface area contributed by atoms with Gasteiger partial charge in [0, 0.05) is 13.2 Å². The highest BCUT2D eigenvalue weighted by Gasteiger charge is 2.34. The van der Waals surface area contributed by atoms with Gasteiger partial charge in [0.25, 0.3) is 0 Å². The van der Waals surface area contributed by atoms with Crippen molar-refractivity contribution >= 4 is 0 Å². The van der Waals surface area contributed by atoms with E-state index in [1.165, 1.54) is 6.33 Å². The van der Waals surface area contributed by atoms with E-state index in [0.29, 0.717) is 19.1 Å². The number of hydrogen-bond donors (Lipinski definition) is 1. The number of aromatic nitrogens is 2. The van der Waals surface area contributed by atoms with Gasteiger partial charge in [0.2, 0.25) is 5.89 Å². The summed E-state index contributed by atoms with van der Waals surface area (Å²) >= 11 is 0. The van der Waals surface area contributed by atoms with Crippen LogP contribution in [0.2, 0.25) is 0 Å². The van der Waals surface area contributed by atoms with Gasteiger partial charge in [0.05, 0.1) is 0 Å². The molecule has 1 aromatic heterocycles. The first kappa shape index (κ1) is 7.70. The number of nitrogens with zero attached hydrogens (tertiary/aromatic N) is 2. The van der Waals surface area contributed by atoms with Gasteiger partial charge in [-0.25, -0.2) is 0 Å². The summed E-state index contributed by atoms with van der Waals surface area (Å²) in [5.74, 6) is 0.519. The summed E-state index contributed by atoms with van der Waals surface area (Å²) in [4.78, 5) is 3.95. The van der Waals surface area contributed by atoms with E-state index in [2.05, 4.69) is 10.1 Å². The smallest absolute Gasteiger partial charge is 0.246 e. The van der Waals surface area contributed by atoms with Crippen molar-refractivity contribution in [3.63, 3.8) is 0 Å². The second-order valence-electron chi connectivity index (χ2n) is 3.01. The lowest BCUT2D eigenvalue weighted by molar-refractivity contribution is 0.0400. The molecule has 2 rings (SSSR count). The summed E-state index contributed by atoms with van der Waals surface area (Å²) in [5, 5.41) is 3.54. The van der Waals surface area contributed by atoms with Gasteiger partial charge < -0.3 is 15.0 Å². The van der Waals surface area contributed by atoms with E-state index in [0.717, 1.165) is 12.8 Å². The summed E-state index contributed by atoms with van der Waals surface area (Å²) in [6.45, 7) is 1.33. The van der Waals surface area contributed by atoms with Crippen LogP contribution in [0.5, 0.6) is 0 Å². The SMILES string of the molecule is NC1(c2ncno2)CCOCC1. The summed E-state index contributed by atoms with van der Waals surface area (Å²) in [5.41, 5.74) is 5.59. The van der Waals surface area contributed by atoms with Crippen LogP contribution in [0.15, 0.2) is 10.9 Å². The van der Waals surface area contributed by atoms with Crippen molar-refractivity contribution < 1.29 is 9.26 Å². The van der Waals surface area contributed by atoms with Gasteiger partial charge in [-0.15, -0.1) is 0 Å². The van der Waals surface area contributed by atoms with Crippen LogP contribution in [0.3, 0.4) is 0 Å². The van der Waals surface area contributed by atoms with Crippen molar-refractivity contribution in [2.75, 3.05) is 13.2 Å². The molecule has 5 heteroatoms. The summed E-state index contributed by atoms with van der Waals surface area (Å²) in [6, 6.07) is 0. The molecular weight excluding hydrogens is 158 g/mol. The predicted octanol–water partition coefficient (Wildman–Crippen LogP) is 0.0340. The van der Waals surface area contributed by atoms with Crippen LogP contribution in [0, 0.1) is 0 Å². The maximum absolute atomic E-state index is 6.05. The molecule has 5 nitrogen and oxygen atoms in total. The fraction of sp³-hybridized carbons (Fsp3) is 0.714. The zero-order valence-corrected chi connectivity index (χ0v) is 6.69. The van der Waals surface area contributed by atoms with Gasteiger partial charge in [-0.1, -0.05) is 5.16 Å². The third kappa shape index (κ3) is 1.21. The highest BCUT2D eigenvalue weighted by Crippen LogP contribution is 2.26. The quantitative estimate of drug-likeness (QED) is 0.642. The Bertz CT molecular complexity index is 241. The van der Waals surface area contributed by atoms with Crippen molar-refractivity contribution in [1.82, 2.24) is 10.1 Å². The molecule has 1 saturated heterocycles. The Morgan fingerprint density at radius 1 is 1.42 bits per heavy atom. The number of rotatable bonds is 1. The minimum atomic E-state index is -0.464. The molecule has 12 heavy (non-hydrogen) atoms. The molecule has 0 radical (unpaired) electrons. The van der Waals surface area contributed by atoms with Crippen molar-refractivity contribution in [3.05, 3.63) is 12.2 Å². The molecule has 2 heterocycles. The molecule has 0 saturated carbocycles. The molecule has 0 atom stereocenters. The normalized spacial score (nSPS) is 22.4. The molecule has 1 aliphatic heterocycles. The number of nitrogens with two attached hydrogens (primary N) is 1. The third-order valence-corrected chi connectivity index (χ3v) is 2.17. The van der Waals surface area contributed by atoms with Gasteiger partial charge >= 0.3 is 0 Å². The number of hydrogen-bond acceptors (Lipinski definition) is 5. The Hall–Kier alpha value is -0.940. The maximum atomic E-state index is 6.05. The molecule has 1 aliphatic rings. The first-order valence-electron chi connectivity index (χ1n) is 3.95. The highest BCUT2D eigenvalue weighted by atomic mass is 16.5. The standard InChI is InChI=1S/C7H11N3O2/c8-7(1-3-11-4-2-7)6-9-5-10-12-6/h5H,1-4,8H2. The minimum Gasteiger partial charge on any atom is -0.381 e. The summed E-state index contributed by atoms with van der Waals surface area (Å²) in [6.07, 6.45) is 2.86. The average molecular weight is 169 g/mol. The molecule has 0 spiro atoms. The van der Waals surface area contributed by atoms with E-state index in [4.69, 9.17) is 15.0 Å². The molecule has 0 aromatic carbocycles. The molecule has 1 fully saturated rings. The third-order valence-electron chi connectivity index (χ3n) is 2.17. The topological polar surface area (TPSA) is 74.2 Å². The van der Waals surface area contributed by atoms with Gasteiger partial charge in [0.1, 0.15) is 5.54 Å². The van der Waals surface area contributed by atoms with E-state index < -0.39 is 5.54 Å². The Kier molecular flexibility index (Phi) is 1.82. The van der Waals surface area contributed by atoms with Crippen LogP contribution in [0.25, 0.3) is 0 Å². The van der Waals surface area contributed by atoms with Crippen molar-refractivity contribution in [2.24, 2.45) is 5.73 Å². The van der Waals surface area contributed by atoms with E-state index in [1.807, 2.05) is 0 Å². The first-order valence-corrected chi connectivity index (χ1v) is 3.95. The van der Waals surface area contributed by atoms with Crippen LogP contribution in [0.1, 0.15) is 18.7 Å². The lowest BCUT2D eigenvalue weighted by atomic mass is 9.91. The second-order valence-corrected chi connectivity index (χ2v) is 3.01. The summed E-state index contributed by atoms with van der Waals surface area (Å²) < 4.78 is 10.1. The molecule has 0 unspecified atom stereocenters. The fourth-order valence-electron chi connectivity index (χ4n) is 1.34. The molecule has 66 valence electrons. The van der Waals surface area contributed by atoms with E-state index in [1.54, 1.807) is 0 Å². The minimum absolute atomic E-state index is 0.464. The molecule has 0 bridgehead atoms. The van der Waals surface area contributed by atoms with Gasteiger partial charge in [-0.3, -0.25) is 0 Å². The Morgan fingerprint density at radius 2 is 2.17 bits per heavy atom. The molecule has 2 N–H and O–H groups in total. The zero-order chi connectivity index (χ0) is 8.44. The molecule has 1 aromatic rings. The largest absolute Gasteiger partial charge is 0.381 e. The number of ether oxygens (including phenoxy) is 1. The monoisotopic (exact) mass is 169 g/mol. The Labute approximate surface area is 69.9 Å². The lowest BCUT2D eigenvalue weighted by Gasteiger charge is -2.29. The molecule has 0 amide bonds. The van der Waals surface area contributed by atoms with E-state index in [-0.39, 0.29) is 0 Å². The first-order chi connectivity index (χ1) is 5.81. The van der Waals surface area contributed by atoms with Crippen molar-refractivity contribution in [2.45, 2.75) is 18.4 Å². The van der Waals surface area contributed by atoms with E-state index in [9.17, 15) is 0 Å². The lowest BCUT2D eigenvalue weighted by Crippen LogP contribution is -2.42. The predicted molar refractivity (Wildman–Crippen MR) is 40.2 cm³/mol. The second kappa shape index (κ2) is 2.84. The van der Waals surface area contributed by atoms with Crippen molar-refractivity contribution in [3.8, 4) is 0 Å². The van der Waals surface area contributed by atoms with Gasteiger partial charge in [-0.2, -0.15) is 4.98 Å². The van der Waals surface area contributed by atoms with Crippen LogP contribution in [-0.2, 0) is 10.3 Å². The van der Waals surface area contributed by atoms with Crippen LogP contribution in [-0.4, -0.2) is 23.4 Å².